The topological polar surface area (TPSA) is 248 Å². The zero-order chi connectivity index (χ0) is 94.9. The summed E-state index contributed by atoms with van der Waals surface area (Å²) in [5.41, 5.74) is -4.03. The van der Waals surface area contributed by atoms with Gasteiger partial charge in [-0.3, -0.25) is 43.3 Å². The number of pyridine rings is 7. The second kappa shape index (κ2) is 43.5. The lowest BCUT2D eigenvalue weighted by Crippen LogP contribution is -2.19. The molecule has 21 nitrogen and oxygen atoms in total. The van der Waals surface area contributed by atoms with Crippen LogP contribution in [0.1, 0.15) is 46.8 Å². The van der Waals surface area contributed by atoms with E-state index in [1.165, 1.54) is 93.8 Å². The first-order valence-corrected chi connectivity index (χ1v) is 43.6. The van der Waals surface area contributed by atoms with Gasteiger partial charge in [-0.05, 0) is 73.7 Å². The summed E-state index contributed by atoms with van der Waals surface area (Å²) in [4.78, 5) is 55.5. The Morgan fingerprint density at radius 2 is 0.539 bits per heavy atom. The highest BCUT2D eigenvalue weighted by Gasteiger charge is 2.45. The Hall–Kier alpha value is -10.9. The summed E-state index contributed by atoms with van der Waals surface area (Å²) >= 11 is 6.02. The summed E-state index contributed by atoms with van der Waals surface area (Å²) in [6, 6.07) is 16.5. The van der Waals surface area contributed by atoms with E-state index in [1.807, 2.05) is 0 Å². The van der Waals surface area contributed by atoms with Crippen molar-refractivity contribution in [3.8, 4) is 74.0 Å². The largest absolute Gasteiger partial charge is 0.436 e. The number of halogens is 24. The van der Waals surface area contributed by atoms with E-state index in [-0.39, 0.29) is 70.1 Å². The van der Waals surface area contributed by atoms with Crippen molar-refractivity contribution in [3.05, 3.63) is 211 Å². The Labute approximate surface area is 741 Å². The minimum absolute atomic E-state index is 0.0105. The molecule has 128 heavy (non-hydrogen) atoms. The maximum atomic E-state index is 13.0. The lowest BCUT2D eigenvalue weighted by atomic mass is 10.3. The van der Waals surface area contributed by atoms with Gasteiger partial charge in [0.2, 0.25) is 0 Å². The maximum Gasteiger partial charge on any atom is 0.436 e. The Balaban J connectivity index is 0.000000185. The number of anilines is 5. The molecule has 0 amide bonds. The monoisotopic (exact) mass is 1990 g/mol. The molecule has 14 aromatic rings. The van der Waals surface area contributed by atoms with Crippen molar-refractivity contribution >= 4 is 126 Å². The minimum atomic E-state index is -4.70. The quantitative estimate of drug-likeness (QED) is 0.0905. The molecule has 14 aromatic heterocycles. The predicted molar refractivity (Wildman–Crippen MR) is 444 cm³/mol. The van der Waals surface area contributed by atoms with Crippen LogP contribution in [0.15, 0.2) is 162 Å². The number of hydrogen-bond acceptors (Lipinski definition) is 28. The molecule has 2 unspecified atom stereocenters. The molecule has 0 spiro atoms. The van der Waals surface area contributed by atoms with Gasteiger partial charge in [-0.25, -0.2) is 48.1 Å². The van der Waals surface area contributed by atoms with Gasteiger partial charge in [-0.1, -0.05) is 56.7 Å². The Morgan fingerprint density at radius 1 is 0.312 bits per heavy atom. The Kier molecular flexibility index (Phi) is 34.8. The molecule has 0 saturated heterocycles. The number of thiazole rings is 7. The van der Waals surface area contributed by atoms with Crippen LogP contribution in [0.2, 0.25) is 0 Å². The van der Waals surface area contributed by atoms with Crippen molar-refractivity contribution in [2.75, 3.05) is 93.7 Å². The van der Waals surface area contributed by atoms with Crippen LogP contribution in [0.25, 0.3) is 74.0 Å². The number of nitrogens with zero attached hydrogens (tertiary/aromatic N) is 17. The SMILES string of the molecule is CCN(C)c1sc(-c2cccnc2)nc1C(F)(F)F.CN(C)c1sc(-c2cccnc2)nc1C(F)(F)F.CN(C)c1sc(-c2cncc(F)c2)nc1C(F)(F)F.CNc1sc(-c2cccnc2)nc1C(F)(F)F.CNc1sc(-c2cncc(F)c2)nc1C(F)(F)F.CS(=O)c1sc(-c2cccnc2)nc1C(F)(F)F.CS(=O)c1sc(-c2cncc(F)c2)nc1C(F)(F)F. The maximum absolute atomic E-state index is 13.0. The molecule has 0 aliphatic rings. The molecule has 2 N–H and O–H groups in total. The lowest BCUT2D eigenvalue weighted by Gasteiger charge is -2.16. The fourth-order valence-corrected chi connectivity index (χ4v) is 18.5. The molecule has 684 valence electrons. The summed E-state index contributed by atoms with van der Waals surface area (Å²) in [5.74, 6) is -1.92. The molecule has 2 atom stereocenters. The zero-order valence-corrected chi connectivity index (χ0v) is 73.7. The molecule has 0 aliphatic heterocycles. The summed E-state index contributed by atoms with van der Waals surface area (Å²) in [6.07, 6.45) is -10.7. The molecule has 0 aliphatic carbocycles. The molecular formula is C74H59F24N19O2S9. The van der Waals surface area contributed by atoms with Crippen LogP contribution in [-0.2, 0) is 64.8 Å². The first-order chi connectivity index (χ1) is 59.7. The van der Waals surface area contributed by atoms with Gasteiger partial charge in [-0.2, -0.15) is 92.2 Å². The van der Waals surface area contributed by atoms with E-state index < -0.39 is 122 Å². The number of alkyl halides is 21. The summed E-state index contributed by atoms with van der Waals surface area (Å²) in [7, 11) is 7.01. The van der Waals surface area contributed by atoms with Crippen LogP contribution in [0.4, 0.5) is 130 Å². The van der Waals surface area contributed by atoms with Gasteiger partial charge in [0, 0.05) is 175 Å². The molecule has 0 radical (unpaired) electrons. The van der Waals surface area contributed by atoms with Gasteiger partial charge in [0.15, 0.2) is 39.9 Å². The van der Waals surface area contributed by atoms with E-state index in [4.69, 9.17) is 0 Å². The van der Waals surface area contributed by atoms with Crippen molar-refractivity contribution in [1.82, 2.24) is 69.8 Å². The van der Waals surface area contributed by atoms with E-state index in [0.717, 1.165) is 111 Å². The lowest BCUT2D eigenvalue weighted by molar-refractivity contribution is -0.143. The summed E-state index contributed by atoms with van der Waals surface area (Å²) in [5, 5.41) is 6.25. The number of nitrogens with one attached hydrogen (secondary N) is 2. The van der Waals surface area contributed by atoms with E-state index in [9.17, 15) is 114 Å². The number of aromatic nitrogens is 14. The van der Waals surface area contributed by atoms with Gasteiger partial charge in [0.05, 0.1) is 40.2 Å². The third-order valence-electron chi connectivity index (χ3n) is 15.3. The van der Waals surface area contributed by atoms with Crippen molar-refractivity contribution < 1.29 is 114 Å². The van der Waals surface area contributed by atoms with Gasteiger partial charge in [-0.15, -0.1) is 22.7 Å². The van der Waals surface area contributed by atoms with Crippen molar-refractivity contribution in [2.24, 2.45) is 0 Å². The van der Waals surface area contributed by atoms with Crippen LogP contribution in [0.3, 0.4) is 0 Å². The van der Waals surface area contributed by atoms with Crippen LogP contribution in [-0.4, -0.2) is 147 Å². The molecule has 14 heterocycles. The molecule has 14 rings (SSSR count). The third kappa shape index (κ3) is 28.0. The Bertz CT molecular complexity index is 6000. The summed E-state index contributed by atoms with van der Waals surface area (Å²) < 4.78 is 329. The summed E-state index contributed by atoms with van der Waals surface area (Å²) in [6.45, 7) is 2.28. The minimum Gasteiger partial charge on any atom is -0.378 e. The fraction of sp³-hybridized carbons (Fsp3) is 0.243. The first-order valence-electron chi connectivity index (χ1n) is 34.8. The van der Waals surface area contributed by atoms with Gasteiger partial charge < -0.3 is 25.3 Å². The normalized spacial score (nSPS) is 12.2. The van der Waals surface area contributed by atoms with Crippen molar-refractivity contribution in [3.63, 3.8) is 0 Å². The highest BCUT2D eigenvalue weighted by molar-refractivity contribution is 7.87. The van der Waals surface area contributed by atoms with E-state index in [2.05, 4.69) is 80.4 Å². The molecule has 0 aromatic carbocycles. The van der Waals surface area contributed by atoms with Crippen molar-refractivity contribution in [1.29, 1.82) is 0 Å². The van der Waals surface area contributed by atoms with E-state index in [0.29, 0.717) is 55.2 Å². The zero-order valence-electron chi connectivity index (χ0n) is 66.3. The molecular weight excluding hydrogens is 1930 g/mol. The molecule has 0 bridgehead atoms. The van der Waals surface area contributed by atoms with E-state index in [1.54, 1.807) is 100 Å². The van der Waals surface area contributed by atoms with Gasteiger partial charge in [0.25, 0.3) is 0 Å². The highest BCUT2D eigenvalue weighted by Crippen LogP contribution is 2.49. The fourth-order valence-electron chi connectivity index (χ4n) is 9.63. The van der Waals surface area contributed by atoms with Crippen LogP contribution >= 0.6 is 79.4 Å². The van der Waals surface area contributed by atoms with E-state index >= 15 is 0 Å². The van der Waals surface area contributed by atoms with Gasteiger partial charge in [0.1, 0.15) is 85.9 Å². The Morgan fingerprint density at radius 3 is 0.758 bits per heavy atom. The van der Waals surface area contributed by atoms with Crippen LogP contribution in [0, 0.1) is 17.5 Å². The van der Waals surface area contributed by atoms with Gasteiger partial charge >= 0.3 is 43.2 Å². The average molecular weight is 1990 g/mol. The predicted octanol–water partition coefficient (Wildman–Crippen LogP) is 23.1. The highest BCUT2D eigenvalue weighted by atomic mass is 32.2. The number of rotatable bonds is 15. The second-order valence-corrected chi connectivity index (χ2v) is 35.1. The standard InChI is InChI=1S/C12H12F3N3S.C11H9F4N3S.C11H10F3N3S.C10H7F4N3S.C10H6F4N2OS2.C10H8F3N3S.C10H7F3N2OS2/c1-3-18(2)11-9(12(13,14)15)17-10(19-11)8-5-4-6-16-7-8;1-18(2)10-8(11(13,14)15)17-9(19-10)6-3-7(12)5-16-4-6;1-17(2)10-8(11(12,13)14)16-9(18-10)7-4-3-5-15-6-7;1-15-9-7(10(12,13)14)17-8(18-9)5-2-6(11)4-16-3-5;1-19(17)9-7(10(12,13)14)16-8(18-9)5-2-6(11)4-15-3-5;1-14-9-7(10(11,12)13)16-8(17-9)6-3-2-4-15-5-6;1-18(16)9-7(10(11,12)13)15-8(17-9)6-3-2-4-14-5-6/h4-7H,3H2,1-2H3;3-5H,1-2H3;3-6H,1-2H3;2-4,15H,1H3;2-4H,1H3;2-5,14H,1H3;2-5H,1H3. The van der Waals surface area contributed by atoms with Crippen molar-refractivity contribution in [2.45, 2.75) is 58.6 Å². The third-order valence-corrected chi connectivity index (χ3v) is 26.4. The smallest absolute Gasteiger partial charge is 0.378 e. The average Bonchev–Trinajstić information content (AvgIpc) is 1.69. The molecule has 0 saturated carbocycles. The molecule has 0 fully saturated rings. The first kappa shape index (κ1) is 102. The number of hydrogen-bond donors (Lipinski definition) is 2. The second-order valence-electron chi connectivity index (χ2n) is 25.1. The van der Waals surface area contributed by atoms with Crippen LogP contribution in [0.5, 0.6) is 0 Å². The van der Waals surface area contributed by atoms with Crippen LogP contribution < -0.4 is 25.3 Å². The molecule has 54 heteroatoms.